The van der Waals surface area contributed by atoms with E-state index in [0.29, 0.717) is 21.9 Å². The van der Waals surface area contributed by atoms with Crippen LogP contribution in [0.5, 0.6) is 0 Å². The first kappa shape index (κ1) is 17.2. The van der Waals surface area contributed by atoms with Crippen molar-refractivity contribution < 1.29 is 19.1 Å². The van der Waals surface area contributed by atoms with Gasteiger partial charge in [-0.15, -0.1) is 0 Å². The molecule has 0 aliphatic heterocycles. The van der Waals surface area contributed by atoms with Crippen LogP contribution in [0.3, 0.4) is 0 Å². The van der Waals surface area contributed by atoms with E-state index in [9.17, 15) is 9.59 Å². The van der Waals surface area contributed by atoms with E-state index in [2.05, 4.69) is 0 Å². The number of esters is 1. The summed E-state index contributed by atoms with van der Waals surface area (Å²) in [7, 11) is 0. The molecule has 0 bridgehead atoms. The molecule has 3 rings (SSSR count). The monoisotopic (exact) mass is 358 g/mol. The van der Waals surface area contributed by atoms with Crippen molar-refractivity contribution in [1.82, 2.24) is 0 Å². The number of aliphatic hydroxyl groups is 1. The summed E-state index contributed by atoms with van der Waals surface area (Å²) in [5.41, 5.74) is 0.987. The summed E-state index contributed by atoms with van der Waals surface area (Å²) in [5.74, 6) is -0.359. The number of carbonyl (C=O) groups is 1. The number of rotatable bonds is 4. The van der Waals surface area contributed by atoms with Crippen LogP contribution in [0.2, 0.25) is 5.02 Å². The number of benzene rings is 2. The fourth-order valence-electron chi connectivity index (χ4n) is 2.59. The Kier molecular flexibility index (Phi) is 4.88. The zero-order valence-electron chi connectivity index (χ0n) is 13.4. The molecule has 1 aromatic heterocycles. The molecule has 1 heterocycles. The second kappa shape index (κ2) is 7.09. The van der Waals surface area contributed by atoms with Crippen molar-refractivity contribution in [3.63, 3.8) is 0 Å². The van der Waals surface area contributed by atoms with Crippen LogP contribution in [-0.4, -0.2) is 24.3 Å². The second-order valence-electron chi connectivity index (χ2n) is 5.41. The van der Waals surface area contributed by atoms with Gasteiger partial charge in [0.05, 0.1) is 17.0 Å². The van der Waals surface area contributed by atoms with Crippen LogP contribution in [0.1, 0.15) is 15.9 Å². The Morgan fingerprint density at radius 1 is 1.20 bits per heavy atom. The molecule has 0 radical (unpaired) electrons. The number of carbonyl (C=O) groups excluding carboxylic acids is 1. The number of hydrogen-bond donors (Lipinski definition) is 1. The molecule has 0 saturated carbocycles. The van der Waals surface area contributed by atoms with E-state index in [0.717, 1.165) is 0 Å². The molecular formula is C19H15ClO5. The Hall–Kier alpha value is -2.63. The van der Waals surface area contributed by atoms with Crippen LogP contribution in [0.15, 0.2) is 51.7 Å². The van der Waals surface area contributed by atoms with Gasteiger partial charge in [0.15, 0.2) is 11.0 Å². The minimum atomic E-state index is -0.670. The molecule has 0 aliphatic carbocycles. The van der Waals surface area contributed by atoms with Crippen molar-refractivity contribution in [1.29, 1.82) is 0 Å². The molecule has 0 unspecified atom stereocenters. The molecule has 2 aromatic carbocycles. The fourth-order valence-corrected chi connectivity index (χ4v) is 2.81. The number of ether oxygens (including phenoxy) is 1. The van der Waals surface area contributed by atoms with E-state index < -0.39 is 5.97 Å². The molecule has 0 aliphatic rings. The number of halogens is 1. The van der Waals surface area contributed by atoms with Gasteiger partial charge < -0.3 is 14.3 Å². The molecule has 0 atom stereocenters. The summed E-state index contributed by atoms with van der Waals surface area (Å²) in [6.45, 7) is 1.23. The predicted octanol–water partition coefficient (Wildman–Crippen LogP) is 3.57. The first-order valence-corrected chi connectivity index (χ1v) is 8.01. The third-order valence-electron chi connectivity index (χ3n) is 3.81. The van der Waals surface area contributed by atoms with Crippen molar-refractivity contribution in [3.05, 3.63) is 68.8 Å². The standard InChI is InChI=1S/C19H15ClO5/c1-11-16(22)13-6-4-7-14(19(23)24-10-9-21)18(13)25-17(11)12-5-2-3-8-15(12)20/h2-8,21H,9-10H2,1H3. The molecule has 0 amide bonds. The maximum Gasteiger partial charge on any atom is 0.342 e. The summed E-state index contributed by atoms with van der Waals surface area (Å²) in [5, 5.41) is 9.54. The van der Waals surface area contributed by atoms with Gasteiger partial charge in [0.2, 0.25) is 0 Å². The number of fused-ring (bicyclic) bond motifs is 1. The Balaban J connectivity index is 2.28. The van der Waals surface area contributed by atoms with Crippen molar-refractivity contribution in [2.45, 2.75) is 6.92 Å². The lowest BCUT2D eigenvalue weighted by Crippen LogP contribution is -2.12. The second-order valence-corrected chi connectivity index (χ2v) is 5.81. The van der Waals surface area contributed by atoms with Gasteiger partial charge in [-0.2, -0.15) is 0 Å². The average Bonchev–Trinajstić information content (AvgIpc) is 2.63. The predicted molar refractivity (Wildman–Crippen MR) is 95.0 cm³/mol. The zero-order valence-corrected chi connectivity index (χ0v) is 14.2. The van der Waals surface area contributed by atoms with E-state index in [4.69, 9.17) is 25.9 Å². The van der Waals surface area contributed by atoms with Crippen molar-refractivity contribution in [2.75, 3.05) is 13.2 Å². The Morgan fingerprint density at radius 2 is 1.96 bits per heavy atom. The van der Waals surface area contributed by atoms with Gasteiger partial charge in [0, 0.05) is 11.1 Å². The molecule has 0 fully saturated rings. The first-order valence-electron chi connectivity index (χ1n) is 7.64. The van der Waals surface area contributed by atoms with Gasteiger partial charge >= 0.3 is 5.97 Å². The largest absolute Gasteiger partial charge is 0.460 e. The van der Waals surface area contributed by atoms with E-state index in [1.54, 1.807) is 43.3 Å². The normalized spacial score (nSPS) is 10.8. The van der Waals surface area contributed by atoms with Crippen molar-refractivity contribution in [3.8, 4) is 11.3 Å². The van der Waals surface area contributed by atoms with Crippen LogP contribution in [-0.2, 0) is 4.74 Å². The van der Waals surface area contributed by atoms with Crippen LogP contribution in [0.25, 0.3) is 22.3 Å². The molecule has 0 spiro atoms. The lowest BCUT2D eigenvalue weighted by atomic mass is 10.0. The van der Waals surface area contributed by atoms with Crippen molar-refractivity contribution >= 4 is 28.5 Å². The number of aliphatic hydroxyl groups excluding tert-OH is 1. The highest BCUT2D eigenvalue weighted by Crippen LogP contribution is 2.32. The highest BCUT2D eigenvalue weighted by Gasteiger charge is 2.20. The van der Waals surface area contributed by atoms with E-state index >= 15 is 0 Å². The molecule has 5 nitrogen and oxygen atoms in total. The summed E-state index contributed by atoms with van der Waals surface area (Å²) in [6, 6.07) is 11.7. The zero-order chi connectivity index (χ0) is 18.0. The topological polar surface area (TPSA) is 76.7 Å². The summed E-state index contributed by atoms with van der Waals surface area (Å²) in [6.07, 6.45) is 0. The Labute approximate surface area is 148 Å². The number of hydrogen-bond acceptors (Lipinski definition) is 5. The van der Waals surface area contributed by atoms with Gasteiger partial charge in [0.1, 0.15) is 17.9 Å². The maximum atomic E-state index is 12.7. The first-order chi connectivity index (χ1) is 12.0. The van der Waals surface area contributed by atoms with Gasteiger partial charge in [-0.25, -0.2) is 4.79 Å². The third kappa shape index (κ3) is 3.16. The highest BCUT2D eigenvalue weighted by atomic mass is 35.5. The van der Waals surface area contributed by atoms with Gasteiger partial charge in [0.25, 0.3) is 0 Å². The molecule has 1 N–H and O–H groups in total. The van der Waals surface area contributed by atoms with Gasteiger partial charge in [-0.1, -0.05) is 29.8 Å². The molecule has 6 heteroatoms. The molecular weight excluding hydrogens is 344 g/mol. The van der Waals surface area contributed by atoms with E-state index in [-0.39, 0.29) is 35.2 Å². The van der Waals surface area contributed by atoms with Gasteiger partial charge in [-0.3, -0.25) is 4.79 Å². The van der Waals surface area contributed by atoms with Crippen LogP contribution in [0, 0.1) is 6.92 Å². The smallest absolute Gasteiger partial charge is 0.342 e. The lowest BCUT2D eigenvalue weighted by Gasteiger charge is -2.11. The quantitative estimate of drug-likeness (QED) is 0.721. The SMILES string of the molecule is Cc1c(-c2ccccc2Cl)oc2c(C(=O)OCCO)cccc2c1=O. The lowest BCUT2D eigenvalue weighted by molar-refractivity contribution is 0.0435. The molecule has 3 aromatic rings. The van der Waals surface area contributed by atoms with E-state index in [1.807, 2.05) is 0 Å². The van der Waals surface area contributed by atoms with Gasteiger partial charge in [-0.05, 0) is 31.2 Å². The summed E-state index contributed by atoms with van der Waals surface area (Å²) in [4.78, 5) is 24.9. The number of para-hydroxylation sites is 1. The van der Waals surface area contributed by atoms with E-state index in [1.165, 1.54) is 6.07 Å². The minimum absolute atomic E-state index is 0.122. The fraction of sp³-hybridized carbons (Fsp3) is 0.158. The maximum absolute atomic E-state index is 12.7. The molecule has 25 heavy (non-hydrogen) atoms. The Bertz CT molecular complexity index is 1010. The Morgan fingerprint density at radius 3 is 2.68 bits per heavy atom. The van der Waals surface area contributed by atoms with Crippen LogP contribution >= 0.6 is 11.6 Å². The molecule has 128 valence electrons. The molecule has 0 saturated heterocycles. The van der Waals surface area contributed by atoms with Crippen LogP contribution in [0.4, 0.5) is 0 Å². The minimum Gasteiger partial charge on any atom is -0.460 e. The summed E-state index contributed by atoms with van der Waals surface area (Å²) >= 11 is 6.22. The third-order valence-corrected chi connectivity index (χ3v) is 4.14. The van der Waals surface area contributed by atoms with Crippen molar-refractivity contribution in [2.24, 2.45) is 0 Å². The average molecular weight is 359 g/mol. The summed E-state index contributed by atoms with van der Waals surface area (Å²) < 4.78 is 10.9. The van der Waals surface area contributed by atoms with Crippen LogP contribution < -0.4 is 5.43 Å². The highest BCUT2D eigenvalue weighted by molar-refractivity contribution is 6.33.